The smallest absolute Gasteiger partial charge is 0.225 e. The second-order valence-electron chi connectivity index (χ2n) is 6.74. The van der Waals surface area contributed by atoms with Gasteiger partial charge in [-0.05, 0) is 41.3 Å². The summed E-state index contributed by atoms with van der Waals surface area (Å²) in [6.45, 7) is 2.75. The third kappa shape index (κ3) is 3.10. The van der Waals surface area contributed by atoms with Crippen LogP contribution in [0.4, 0.5) is 5.69 Å². The van der Waals surface area contributed by atoms with Gasteiger partial charge in [0.1, 0.15) is 0 Å². The Balaban J connectivity index is 1.51. The lowest BCUT2D eigenvalue weighted by atomic mass is 9.92. The van der Waals surface area contributed by atoms with Gasteiger partial charge in [0.05, 0.1) is 12.0 Å². The van der Waals surface area contributed by atoms with Crippen molar-refractivity contribution in [1.29, 1.82) is 0 Å². The van der Waals surface area contributed by atoms with Crippen molar-refractivity contribution < 1.29 is 4.79 Å². The second kappa shape index (κ2) is 6.60. The number of hydrogen-bond acceptors (Lipinski definition) is 2. The van der Waals surface area contributed by atoms with Gasteiger partial charge in [-0.15, -0.1) is 0 Å². The summed E-state index contributed by atoms with van der Waals surface area (Å²) in [5.74, 6) is 0.0785. The van der Waals surface area contributed by atoms with Crippen LogP contribution in [0.15, 0.2) is 66.7 Å². The molecule has 0 radical (unpaired) electrons. The highest BCUT2D eigenvalue weighted by molar-refractivity contribution is 5.87. The first-order valence-electron chi connectivity index (χ1n) is 8.82. The maximum atomic E-state index is 12.8. The molecular formula is C22H22N2O. The number of para-hydroxylation sites is 1. The van der Waals surface area contributed by atoms with Crippen LogP contribution in [0.3, 0.4) is 0 Å². The van der Waals surface area contributed by atoms with Crippen LogP contribution in [0, 0.1) is 5.92 Å². The minimum atomic E-state index is -0.0349. The Morgan fingerprint density at radius 3 is 2.72 bits per heavy atom. The van der Waals surface area contributed by atoms with Crippen molar-refractivity contribution in [3.05, 3.63) is 77.9 Å². The van der Waals surface area contributed by atoms with Gasteiger partial charge in [0.15, 0.2) is 0 Å². The summed E-state index contributed by atoms with van der Waals surface area (Å²) in [6, 6.07) is 22.8. The molecule has 0 saturated heterocycles. The average molecular weight is 330 g/mol. The van der Waals surface area contributed by atoms with Crippen LogP contribution in [0.5, 0.6) is 0 Å². The molecule has 0 aliphatic carbocycles. The highest BCUT2D eigenvalue weighted by atomic mass is 16.2. The molecule has 2 atom stereocenters. The number of fused-ring (bicyclic) bond motifs is 2. The fourth-order valence-electron chi connectivity index (χ4n) is 3.66. The van der Waals surface area contributed by atoms with Gasteiger partial charge in [0.2, 0.25) is 5.91 Å². The van der Waals surface area contributed by atoms with Crippen LogP contribution in [0.25, 0.3) is 10.8 Å². The van der Waals surface area contributed by atoms with Gasteiger partial charge in [-0.2, -0.15) is 0 Å². The molecule has 0 spiro atoms. The van der Waals surface area contributed by atoms with Crippen LogP contribution in [0.1, 0.15) is 24.1 Å². The van der Waals surface area contributed by atoms with Gasteiger partial charge in [-0.1, -0.05) is 60.7 Å². The molecule has 2 N–H and O–H groups in total. The van der Waals surface area contributed by atoms with Gasteiger partial charge in [-0.3, -0.25) is 4.79 Å². The van der Waals surface area contributed by atoms with E-state index in [0.717, 1.165) is 17.7 Å². The van der Waals surface area contributed by atoms with Crippen LogP contribution in [0.2, 0.25) is 0 Å². The molecule has 3 aromatic carbocycles. The van der Waals surface area contributed by atoms with Crippen molar-refractivity contribution >= 4 is 22.4 Å². The van der Waals surface area contributed by atoms with Gasteiger partial charge in [0, 0.05) is 12.2 Å². The molecule has 1 unspecified atom stereocenters. The molecule has 1 heterocycles. The van der Waals surface area contributed by atoms with Gasteiger partial charge >= 0.3 is 0 Å². The lowest BCUT2D eigenvalue weighted by molar-refractivity contribution is -0.125. The van der Waals surface area contributed by atoms with Crippen LogP contribution < -0.4 is 10.6 Å². The number of hydrogen-bond donors (Lipinski definition) is 2. The predicted octanol–water partition coefficient (Wildman–Crippen LogP) is 4.30. The first-order valence-corrected chi connectivity index (χ1v) is 8.82. The summed E-state index contributed by atoms with van der Waals surface area (Å²) >= 11 is 0. The average Bonchev–Trinajstić information content (AvgIpc) is 2.67. The number of amides is 1. The first kappa shape index (κ1) is 15.7. The normalized spacial score (nSPS) is 17.4. The van der Waals surface area contributed by atoms with Crippen molar-refractivity contribution in [2.45, 2.75) is 19.4 Å². The van der Waals surface area contributed by atoms with Gasteiger partial charge in [-0.25, -0.2) is 0 Å². The first-order chi connectivity index (χ1) is 12.2. The Labute approximate surface area is 148 Å². The van der Waals surface area contributed by atoms with Crippen molar-refractivity contribution in [3.63, 3.8) is 0 Å². The Morgan fingerprint density at radius 2 is 1.80 bits per heavy atom. The summed E-state index contributed by atoms with van der Waals surface area (Å²) < 4.78 is 0. The van der Waals surface area contributed by atoms with E-state index in [1.54, 1.807) is 0 Å². The van der Waals surface area contributed by atoms with Gasteiger partial charge < -0.3 is 10.6 Å². The highest BCUT2D eigenvalue weighted by Crippen LogP contribution is 2.27. The Morgan fingerprint density at radius 1 is 1.04 bits per heavy atom. The molecule has 126 valence electrons. The zero-order valence-electron chi connectivity index (χ0n) is 14.3. The molecular weight excluding hydrogens is 308 g/mol. The van der Waals surface area contributed by atoms with Gasteiger partial charge in [0.25, 0.3) is 0 Å². The molecule has 4 rings (SSSR count). The molecule has 3 aromatic rings. The third-order valence-corrected chi connectivity index (χ3v) is 5.04. The monoisotopic (exact) mass is 330 g/mol. The van der Waals surface area contributed by atoms with Crippen molar-refractivity contribution in [2.24, 2.45) is 5.92 Å². The molecule has 3 nitrogen and oxygen atoms in total. The standard InChI is InChI=1S/C22H22N2O/c1-15(19-11-6-9-16-7-2-4-10-20(16)19)24-22(25)18-13-17-8-3-5-12-21(17)23-14-18/h2-12,15,18,23H,13-14H2,1H3,(H,24,25)/t15-,18?/m1/s1. The van der Waals surface area contributed by atoms with E-state index in [1.807, 2.05) is 24.3 Å². The minimum absolute atomic E-state index is 0.0178. The van der Waals surface area contributed by atoms with Crippen molar-refractivity contribution in [1.82, 2.24) is 5.32 Å². The number of carbonyl (C=O) groups is 1. The van der Waals surface area contributed by atoms with Crippen molar-refractivity contribution in [3.8, 4) is 0 Å². The molecule has 0 aromatic heterocycles. The SMILES string of the molecule is C[C@@H](NC(=O)C1CNc2ccccc2C1)c1cccc2ccccc12. The highest BCUT2D eigenvalue weighted by Gasteiger charge is 2.25. The number of nitrogens with one attached hydrogen (secondary N) is 2. The zero-order valence-corrected chi connectivity index (χ0v) is 14.3. The van der Waals surface area contributed by atoms with E-state index in [0.29, 0.717) is 6.54 Å². The summed E-state index contributed by atoms with van der Waals surface area (Å²) in [7, 11) is 0. The van der Waals surface area contributed by atoms with E-state index in [-0.39, 0.29) is 17.9 Å². The number of benzene rings is 3. The fraction of sp³-hybridized carbons (Fsp3) is 0.227. The number of carbonyl (C=O) groups excluding carboxylic acids is 1. The van der Waals surface area contributed by atoms with E-state index < -0.39 is 0 Å². The van der Waals surface area contributed by atoms with Crippen LogP contribution in [-0.4, -0.2) is 12.5 Å². The molecule has 0 bridgehead atoms. The lowest BCUT2D eigenvalue weighted by Crippen LogP contribution is -2.39. The fourth-order valence-corrected chi connectivity index (χ4v) is 3.66. The molecule has 0 saturated carbocycles. The van der Waals surface area contributed by atoms with Crippen LogP contribution >= 0.6 is 0 Å². The topological polar surface area (TPSA) is 41.1 Å². The Bertz CT molecular complexity index is 913. The molecule has 1 amide bonds. The quantitative estimate of drug-likeness (QED) is 0.752. The lowest BCUT2D eigenvalue weighted by Gasteiger charge is -2.27. The molecule has 0 fully saturated rings. The molecule has 3 heteroatoms. The largest absolute Gasteiger partial charge is 0.384 e. The Hall–Kier alpha value is -2.81. The summed E-state index contributed by atoms with van der Waals surface area (Å²) in [5.41, 5.74) is 3.52. The van der Waals surface area contributed by atoms with E-state index >= 15 is 0 Å². The van der Waals surface area contributed by atoms with Crippen molar-refractivity contribution in [2.75, 3.05) is 11.9 Å². The minimum Gasteiger partial charge on any atom is -0.384 e. The maximum Gasteiger partial charge on any atom is 0.225 e. The molecule has 25 heavy (non-hydrogen) atoms. The van der Waals surface area contributed by atoms with E-state index in [1.165, 1.54) is 16.3 Å². The maximum absolute atomic E-state index is 12.8. The predicted molar refractivity (Wildman–Crippen MR) is 103 cm³/mol. The second-order valence-corrected chi connectivity index (χ2v) is 6.74. The molecule has 1 aliphatic heterocycles. The third-order valence-electron chi connectivity index (χ3n) is 5.04. The number of rotatable bonds is 3. The molecule has 1 aliphatic rings. The van der Waals surface area contributed by atoms with Crippen LogP contribution in [-0.2, 0) is 11.2 Å². The summed E-state index contributed by atoms with van der Waals surface area (Å²) in [4.78, 5) is 12.8. The zero-order chi connectivity index (χ0) is 17.2. The van der Waals surface area contributed by atoms with E-state index in [4.69, 9.17) is 0 Å². The Kier molecular flexibility index (Phi) is 4.14. The summed E-state index contributed by atoms with van der Waals surface area (Å²) in [5, 5.41) is 8.99. The summed E-state index contributed by atoms with van der Waals surface area (Å²) in [6.07, 6.45) is 0.789. The number of anilines is 1. The van der Waals surface area contributed by atoms with E-state index in [9.17, 15) is 4.79 Å². The van der Waals surface area contributed by atoms with E-state index in [2.05, 4.69) is 60.0 Å².